The Hall–Kier alpha value is -1.35. The Morgan fingerprint density at radius 1 is 1.38 bits per heavy atom. The molecule has 0 spiro atoms. The lowest BCUT2D eigenvalue weighted by Gasteiger charge is -2.05. The Morgan fingerprint density at radius 3 is 3.00 bits per heavy atom. The van der Waals surface area contributed by atoms with E-state index in [1.54, 1.807) is 0 Å². The standard InChI is InChI=1S/C18H23NOS/c1-2-3-4-18(20)19-10-9-15-12-21-17-8-7-14(11-16(15)17)13-5-6-13/h7-8,11-13H,2-6,9-10H2,1H3,(H,19,20). The molecule has 1 amide bonds. The van der Waals surface area contributed by atoms with Gasteiger partial charge in [0.05, 0.1) is 0 Å². The maximum Gasteiger partial charge on any atom is 0.220 e. The van der Waals surface area contributed by atoms with Gasteiger partial charge in [0, 0.05) is 17.7 Å². The van der Waals surface area contributed by atoms with Crippen molar-refractivity contribution in [3.05, 3.63) is 34.7 Å². The number of carbonyl (C=O) groups is 1. The summed E-state index contributed by atoms with van der Waals surface area (Å²) in [5, 5.41) is 6.68. The summed E-state index contributed by atoms with van der Waals surface area (Å²) in [7, 11) is 0. The molecule has 2 nitrogen and oxygen atoms in total. The minimum absolute atomic E-state index is 0.190. The minimum atomic E-state index is 0.190. The highest BCUT2D eigenvalue weighted by Crippen LogP contribution is 2.41. The van der Waals surface area contributed by atoms with Crippen LogP contribution in [0.15, 0.2) is 23.6 Å². The first-order valence-corrected chi connectivity index (χ1v) is 8.92. The van der Waals surface area contributed by atoms with E-state index in [-0.39, 0.29) is 5.91 Å². The molecule has 1 saturated carbocycles. The molecule has 2 aromatic rings. The topological polar surface area (TPSA) is 29.1 Å². The van der Waals surface area contributed by atoms with Crippen molar-refractivity contribution in [1.82, 2.24) is 5.32 Å². The molecule has 3 rings (SSSR count). The van der Waals surface area contributed by atoms with Crippen molar-refractivity contribution in [2.75, 3.05) is 6.54 Å². The summed E-state index contributed by atoms with van der Waals surface area (Å²) in [6.07, 6.45) is 6.35. The van der Waals surface area contributed by atoms with Crippen LogP contribution in [0, 0.1) is 0 Å². The lowest BCUT2D eigenvalue weighted by Crippen LogP contribution is -2.25. The Balaban J connectivity index is 1.61. The SMILES string of the molecule is CCCCC(=O)NCCc1csc2ccc(C3CC3)cc12. The fraction of sp³-hybridized carbons (Fsp3) is 0.500. The predicted molar refractivity (Wildman–Crippen MR) is 90.0 cm³/mol. The van der Waals surface area contributed by atoms with Crippen molar-refractivity contribution in [1.29, 1.82) is 0 Å². The number of rotatable bonds is 7. The number of hydrogen-bond donors (Lipinski definition) is 1. The second-order valence-electron chi connectivity index (χ2n) is 5.99. The monoisotopic (exact) mass is 301 g/mol. The molecule has 1 N–H and O–H groups in total. The highest BCUT2D eigenvalue weighted by atomic mass is 32.1. The van der Waals surface area contributed by atoms with E-state index in [1.165, 1.54) is 34.1 Å². The first-order chi connectivity index (χ1) is 10.3. The maximum absolute atomic E-state index is 11.6. The summed E-state index contributed by atoms with van der Waals surface area (Å²) in [5.41, 5.74) is 2.88. The van der Waals surface area contributed by atoms with Gasteiger partial charge in [0.25, 0.3) is 0 Å². The van der Waals surface area contributed by atoms with Crippen molar-refractivity contribution < 1.29 is 4.79 Å². The molecular formula is C18H23NOS. The van der Waals surface area contributed by atoms with Crippen LogP contribution in [0.2, 0.25) is 0 Å². The molecule has 1 aliphatic rings. The number of nitrogens with one attached hydrogen (secondary N) is 1. The van der Waals surface area contributed by atoms with Crippen LogP contribution in [-0.2, 0) is 11.2 Å². The minimum Gasteiger partial charge on any atom is -0.356 e. The van der Waals surface area contributed by atoms with Crippen molar-refractivity contribution >= 4 is 27.3 Å². The Labute approximate surface area is 130 Å². The third-order valence-electron chi connectivity index (χ3n) is 4.20. The largest absolute Gasteiger partial charge is 0.356 e. The highest BCUT2D eigenvalue weighted by Gasteiger charge is 2.23. The average molecular weight is 301 g/mol. The first kappa shape index (κ1) is 14.6. The van der Waals surface area contributed by atoms with E-state index in [2.05, 4.69) is 35.8 Å². The van der Waals surface area contributed by atoms with E-state index in [0.717, 1.165) is 31.7 Å². The zero-order chi connectivity index (χ0) is 14.7. The van der Waals surface area contributed by atoms with Crippen molar-refractivity contribution in [2.24, 2.45) is 0 Å². The second-order valence-corrected chi connectivity index (χ2v) is 6.91. The van der Waals surface area contributed by atoms with Crippen LogP contribution in [0.5, 0.6) is 0 Å². The lowest BCUT2D eigenvalue weighted by molar-refractivity contribution is -0.121. The van der Waals surface area contributed by atoms with Crippen molar-refractivity contribution in [2.45, 2.75) is 51.4 Å². The van der Waals surface area contributed by atoms with Crippen molar-refractivity contribution in [3.63, 3.8) is 0 Å². The van der Waals surface area contributed by atoms with E-state index in [4.69, 9.17) is 0 Å². The predicted octanol–water partition coefficient (Wildman–Crippen LogP) is 4.63. The maximum atomic E-state index is 11.6. The summed E-state index contributed by atoms with van der Waals surface area (Å²) < 4.78 is 1.37. The number of amides is 1. The Kier molecular flexibility index (Phi) is 4.59. The molecule has 1 aliphatic carbocycles. The molecule has 1 heterocycles. The molecule has 1 aromatic heterocycles. The highest BCUT2D eigenvalue weighted by molar-refractivity contribution is 7.17. The normalized spacial score (nSPS) is 14.5. The molecule has 1 fully saturated rings. The Morgan fingerprint density at radius 2 is 2.24 bits per heavy atom. The third-order valence-corrected chi connectivity index (χ3v) is 5.21. The molecule has 0 aliphatic heterocycles. The number of hydrogen-bond acceptors (Lipinski definition) is 2. The molecule has 112 valence electrons. The summed E-state index contributed by atoms with van der Waals surface area (Å²) >= 11 is 1.81. The summed E-state index contributed by atoms with van der Waals surface area (Å²) in [6.45, 7) is 2.87. The fourth-order valence-electron chi connectivity index (χ4n) is 2.73. The lowest BCUT2D eigenvalue weighted by atomic mass is 10.0. The van der Waals surface area contributed by atoms with Crippen LogP contribution >= 0.6 is 11.3 Å². The molecule has 1 aromatic carbocycles. The molecule has 0 unspecified atom stereocenters. The number of unbranched alkanes of at least 4 members (excludes halogenated alkanes) is 1. The zero-order valence-electron chi connectivity index (χ0n) is 12.7. The van der Waals surface area contributed by atoms with Gasteiger partial charge < -0.3 is 5.32 Å². The van der Waals surface area contributed by atoms with Gasteiger partial charge in [-0.1, -0.05) is 19.4 Å². The van der Waals surface area contributed by atoms with Gasteiger partial charge in [0.15, 0.2) is 0 Å². The molecule has 0 saturated heterocycles. The van der Waals surface area contributed by atoms with Crippen LogP contribution in [0.1, 0.15) is 56.1 Å². The Bertz CT molecular complexity index is 627. The number of carbonyl (C=O) groups excluding carboxylic acids is 1. The van der Waals surface area contributed by atoms with Gasteiger partial charge in [-0.2, -0.15) is 0 Å². The third kappa shape index (κ3) is 3.65. The molecule has 0 radical (unpaired) electrons. The molecule has 3 heteroatoms. The van der Waals surface area contributed by atoms with Gasteiger partial charge in [-0.25, -0.2) is 0 Å². The van der Waals surface area contributed by atoms with Crippen molar-refractivity contribution in [3.8, 4) is 0 Å². The molecule has 21 heavy (non-hydrogen) atoms. The van der Waals surface area contributed by atoms with E-state index >= 15 is 0 Å². The van der Waals surface area contributed by atoms with E-state index in [1.807, 2.05) is 11.3 Å². The summed E-state index contributed by atoms with van der Waals surface area (Å²) in [6, 6.07) is 6.92. The van der Waals surface area contributed by atoms with Gasteiger partial charge in [-0.3, -0.25) is 4.79 Å². The van der Waals surface area contributed by atoms with Crippen LogP contribution in [0.4, 0.5) is 0 Å². The van der Waals surface area contributed by atoms with Gasteiger partial charge in [-0.05, 0) is 65.6 Å². The van der Waals surface area contributed by atoms with Gasteiger partial charge >= 0.3 is 0 Å². The van der Waals surface area contributed by atoms with Crippen LogP contribution in [0.25, 0.3) is 10.1 Å². The van der Waals surface area contributed by atoms with E-state index in [9.17, 15) is 4.79 Å². The van der Waals surface area contributed by atoms with Crippen LogP contribution in [0.3, 0.4) is 0 Å². The van der Waals surface area contributed by atoms with Gasteiger partial charge in [-0.15, -0.1) is 11.3 Å². The van der Waals surface area contributed by atoms with Gasteiger partial charge in [0.2, 0.25) is 5.91 Å². The number of thiophene rings is 1. The second kappa shape index (κ2) is 6.61. The average Bonchev–Trinajstić information content (AvgIpc) is 3.27. The van der Waals surface area contributed by atoms with Crippen LogP contribution < -0.4 is 5.32 Å². The quantitative estimate of drug-likeness (QED) is 0.794. The summed E-state index contributed by atoms with van der Waals surface area (Å²) in [4.78, 5) is 11.6. The first-order valence-electron chi connectivity index (χ1n) is 8.04. The van der Waals surface area contributed by atoms with E-state index in [0.29, 0.717) is 6.42 Å². The molecule has 0 bridgehead atoms. The zero-order valence-corrected chi connectivity index (χ0v) is 13.5. The smallest absolute Gasteiger partial charge is 0.220 e. The molecule has 0 atom stereocenters. The van der Waals surface area contributed by atoms with Gasteiger partial charge in [0.1, 0.15) is 0 Å². The number of benzene rings is 1. The fourth-order valence-corrected chi connectivity index (χ4v) is 3.70. The number of fused-ring (bicyclic) bond motifs is 1. The summed E-state index contributed by atoms with van der Waals surface area (Å²) in [5.74, 6) is 0.992. The van der Waals surface area contributed by atoms with E-state index < -0.39 is 0 Å². The van der Waals surface area contributed by atoms with Crippen LogP contribution in [-0.4, -0.2) is 12.5 Å². The molecular weight excluding hydrogens is 278 g/mol.